The van der Waals surface area contributed by atoms with Crippen molar-refractivity contribution in [3.8, 4) is 0 Å². The number of hydrogen-bond acceptors (Lipinski definition) is 3. The molecule has 0 aromatic carbocycles. The van der Waals surface area contributed by atoms with Gasteiger partial charge in [-0.2, -0.15) is 0 Å². The summed E-state index contributed by atoms with van der Waals surface area (Å²) in [6.45, 7) is 8.55. The molecule has 0 saturated carbocycles. The summed E-state index contributed by atoms with van der Waals surface area (Å²) < 4.78 is 0. The average Bonchev–Trinajstić information content (AvgIpc) is 2.77. The predicted molar refractivity (Wildman–Crippen MR) is 135 cm³/mol. The van der Waals surface area contributed by atoms with Crippen LogP contribution in [-0.4, -0.2) is 15.0 Å². The van der Waals surface area contributed by atoms with Crippen molar-refractivity contribution in [1.29, 1.82) is 0 Å². The highest BCUT2D eigenvalue weighted by molar-refractivity contribution is 4.99. The van der Waals surface area contributed by atoms with Crippen LogP contribution in [-0.2, 0) is 19.3 Å². The third-order valence-corrected chi connectivity index (χ3v) is 6.18. The third kappa shape index (κ3) is 16.3. The number of rotatable bonds is 22. The molecule has 1 heterocycles. The van der Waals surface area contributed by atoms with E-state index in [0.29, 0.717) is 0 Å². The van der Waals surface area contributed by atoms with Crippen molar-refractivity contribution in [2.45, 2.75) is 155 Å². The molecule has 179 valence electrons. The fraction of sp³-hybridized carbons (Fsp3) is 0.857. The Labute approximate surface area is 194 Å². The number of aryl methyl sites for hydroxylation is 3. The predicted octanol–water partition coefficient (Wildman–Crippen LogP) is 8.78. The number of unbranched alkanes of at least 4 members (excludes halogenated alkanes) is 16. The summed E-state index contributed by atoms with van der Waals surface area (Å²) in [4.78, 5) is 14.3. The number of aromatic nitrogens is 3. The van der Waals surface area contributed by atoms with Gasteiger partial charge in [0.25, 0.3) is 0 Å². The Morgan fingerprint density at radius 3 is 1.03 bits per heavy atom. The molecular weight excluding hydrogens is 378 g/mol. The molecule has 0 aliphatic rings. The van der Waals surface area contributed by atoms with Gasteiger partial charge in [0.2, 0.25) is 0 Å². The van der Waals surface area contributed by atoms with Crippen LogP contribution in [0.25, 0.3) is 0 Å². The number of nitrogens with zero attached hydrogens (tertiary/aromatic N) is 3. The molecule has 0 amide bonds. The standard InChI is InChI=1S/C28H52N3/c1-4-7-9-11-13-15-17-19-21-24-27-29-26(23-6-3)30-28(31-27)25-22-20-18-16-14-12-10-8-5-2/h3-25H2,1-2H3. The normalized spacial score (nSPS) is 11.3. The molecule has 1 aromatic rings. The van der Waals surface area contributed by atoms with Crippen LogP contribution in [0.15, 0.2) is 0 Å². The van der Waals surface area contributed by atoms with Gasteiger partial charge in [0.05, 0.1) is 0 Å². The molecular formula is C28H52N3. The van der Waals surface area contributed by atoms with Crippen LogP contribution in [0.3, 0.4) is 0 Å². The fourth-order valence-corrected chi connectivity index (χ4v) is 4.20. The molecule has 1 radical (unpaired) electrons. The molecule has 1 rings (SSSR count). The summed E-state index contributed by atoms with van der Waals surface area (Å²) in [7, 11) is 0. The molecule has 3 nitrogen and oxygen atoms in total. The fourth-order valence-electron chi connectivity index (χ4n) is 4.20. The molecule has 0 fully saturated rings. The van der Waals surface area contributed by atoms with Crippen LogP contribution in [0.1, 0.15) is 153 Å². The highest BCUT2D eigenvalue weighted by atomic mass is 15.0. The Morgan fingerprint density at radius 2 is 0.710 bits per heavy atom. The second-order valence-electron chi connectivity index (χ2n) is 9.34. The summed E-state index contributed by atoms with van der Waals surface area (Å²) in [5.41, 5.74) is 0. The van der Waals surface area contributed by atoms with Crippen LogP contribution in [0, 0.1) is 6.92 Å². The van der Waals surface area contributed by atoms with Gasteiger partial charge in [0.15, 0.2) is 0 Å². The highest BCUT2D eigenvalue weighted by Gasteiger charge is 2.07. The van der Waals surface area contributed by atoms with Crippen molar-refractivity contribution < 1.29 is 0 Å². The van der Waals surface area contributed by atoms with E-state index < -0.39 is 0 Å². The van der Waals surface area contributed by atoms with E-state index >= 15 is 0 Å². The summed E-state index contributed by atoms with van der Waals surface area (Å²) in [5, 5.41) is 0. The first-order chi connectivity index (χ1) is 15.3. The van der Waals surface area contributed by atoms with Crippen LogP contribution >= 0.6 is 0 Å². The third-order valence-electron chi connectivity index (χ3n) is 6.18. The zero-order chi connectivity index (χ0) is 22.4. The van der Waals surface area contributed by atoms with Crippen LogP contribution in [0.2, 0.25) is 0 Å². The van der Waals surface area contributed by atoms with Gasteiger partial charge < -0.3 is 0 Å². The maximum atomic E-state index is 4.81. The van der Waals surface area contributed by atoms with Crippen molar-refractivity contribution in [2.75, 3.05) is 0 Å². The maximum Gasteiger partial charge on any atom is 0.132 e. The molecule has 0 atom stereocenters. The first-order valence-electron chi connectivity index (χ1n) is 13.8. The summed E-state index contributed by atoms with van der Waals surface area (Å²) in [6, 6.07) is 0. The van der Waals surface area contributed by atoms with Gasteiger partial charge in [-0.25, -0.2) is 15.0 Å². The van der Waals surface area contributed by atoms with Crippen LogP contribution in [0.5, 0.6) is 0 Å². The molecule has 0 aliphatic heterocycles. The minimum Gasteiger partial charge on any atom is -0.218 e. The van der Waals surface area contributed by atoms with E-state index in [-0.39, 0.29) is 0 Å². The van der Waals surface area contributed by atoms with E-state index in [1.807, 2.05) is 0 Å². The van der Waals surface area contributed by atoms with Crippen molar-refractivity contribution >= 4 is 0 Å². The molecule has 3 heteroatoms. The van der Waals surface area contributed by atoms with E-state index in [1.165, 1.54) is 116 Å². The Balaban J connectivity index is 2.24. The maximum absolute atomic E-state index is 4.81. The topological polar surface area (TPSA) is 38.7 Å². The van der Waals surface area contributed by atoms with Gasteiger partial charge in [-0.3, -0.25) is 0 Å². The lowest BCUT2D eigenvalue weighted by Crippen LogP contribution is -2.08. The second kappa shape index (κ2) is 20.9. The SMILES string of the molecule is [CH2]CCc1nc(CCCCCCCCCCC)nc(CCCCCCCCCCC)n1. The zero-order valence-corrected chi connectivity index (χ0v) is 21.1. The molecule has 31 heavy (non-hydrogen) atoms. The van der Waals surface area contributed by atoms with Crippen molar-refractivity contribution in [3.05, 3.63) is 24.4 Å². The van der Waals surface area contributed by atoms with E-state index in [0.717, 1.165) is 43.2 Å². The van der Waals surface area contributed by atoms with Crippen molar-refractivity contribution in [2.24, 2.45) is 0 Å². The molecule has 0 unspecified atom stereocenters. The van der Waals surface area contributed by atoms with Gasteiger partial charge in [-0.05, 0) is 19.3 Å². The van der Waals surface area contributed by atoms with E-state index in [1.54, 1.807) is 0 Å². The van der Waals surface area contributed by atoms with E-state index in [9.17, 15) is 0 Å². The summed E-state index contributed by atoms with van der Waals surface area (Å²) >= 11 is 0. The molecule has 0 N–H and O–H groups in total. The van der Waals surface area contributed by atoms with E-state index in [2.05, 4.69) is 20.8 Å². The van der Waals surface area contributed by atoms with E-state index in [4.69, 9.17) is 15.0 Å². The molecule has 0 bridgehead atoms. The molecule has 0 spiro atoms. The number of hydrogen-bond donors (Lipinski definition) is 0. The van der Waals surface area contributed by atoms with Crippen LogP contribution in [0.4, 0.5) is 0 Å². The smallest absolute Gasteiger partial charge is 0.132 e. The highest BCUT2D eigenvalue weighted by Crippen LogP contribution is 2.13. The van der Waals surface area contributed by atoms with Crippen molar-refractivity contribution in [1.82, 2.24) is 15.0 Å². The Bertz CT molecular complexity index is 475. The lowest BCUT2D eigenvalue weighted by atomic mass is 10.1. The minimum atomic E-state index is 0.860. The summed E-state index contributed by atoms with van der Waals surface area (Å²) in [5.74, 6) is 3.00. The van der Waals surface area contributed by atoms with Crippen LogP contribution < -0.4 is 0 Å². The van der Waals surface area contributed by atoms with Gasteiger partial charge in [0, 0.05) is 19.3 Å². The Hall–Kier alpha value is -0.990. The molecule has 0 aliphatic carbocycles. The Morgan fingerprint density at radius 1 is 0.419 bits per heavy atom. The molecule has 1 aromatic heterocycles. The van der Waals surface area contributed by atoms with Gasteiger partial charge >= 0.3 is 0 Å². The zero-order valence-electron chi connectivity index (χ0n) is 21.1. The lowest BCUT2D eigenvalue weighted by Gasteiger charge is -2.07. The minimum absolute atomic E-state index is 0.860. The van der Waals surface area contributed by atoms with Gasteiger partial charge in [-0.15, -0.1) is 0 Å². The average molecular weight is 431 g/mol. The quantitative estimate of drug-likeness (QED) is 0.172. The molecule has 0 saturated heterocycles. The first kappa shape index (κ1) is 28.0. The second-order valence-corrected chi connectivity index (χ2v) is 9.34. The van der Waals surface area contributed by atoms with Gasteiger partial charge in [-0.1, -0.05) is 124 Å². The van der Waals surface area contributed by atoms with Crippen molar-refractivity contribution in [3.63, 3.8) is 0 Å². The first-order valence-corrected chi connectivity index (χ1v) is 13.8. The lowest BCUT2D eigenvalue weighted by molar-refractivity contribution is 0.555. The summed E-state index contributed by atoms with van der Waals surface area (Å²) in [6.07, 6.45) is 28.2. The van der Waals surface area contributed by atoms with Gasteiger partial charge in [0.1, 0.15) is 17.5 Å². The monoisotopic (exact) mass is 430 g/mol. The largest absolute Gasteiger partial charge is 0.218 e. The Kier molecular flexibility index (Phi) is 18.9.